The first-order valence-electron chi connectivity index (χ1n) is 21.7. The molecular formula is C46H66N2O6. The van der Waals surface area contributed by atoms with Crippen molar-refractivity contribution in [3.05, 3.63) is 59.7 Å². The maximum absolute atomic E-state index is 14.5. The third-order valence-electron chi connectivity index (χ3n) is 16.3. The lowest BCUT2D eigenvalue weighted by Crippen LogP contribution is -2.83. The van der Waals surface area contributed by atoms with Crippen LogP contribution in [0.3, 0.4) is 0 Å². The first-order chi connectivity index (χ1) is 25.9. The number of allylic oxidation sites excluding steroid dienone is 1. The van der Waals surface area contributed by atoms with E-state index in [0.29, 0.717) is 37.5 Å². The molecule has 4 saturated carbocycles. The highest BCUT2D eigenvalue weighted by molar-refractivity contribution is 5.85. The van der Waals surface area contributed by atoms with Crippen molar-refractivity contribution in [1.29, 1.82) is 0 Å². The van der Waals surface area contributed by atoms with Gasteiger partial charge in [0.1, 0.15) is 6.61 Å². The molecule has 54 heavy (non-hydrogen) atoms. The van der Waals surface area contributed by atoms with Gasteiger partial charge in [0.2, 0.25) is 0 Å². The van der Waals surface area contributed by atoms with Crippen LogP contribution in [0.15, 0.2) is 54.1 Å². The number of hydrogen-bond donors (Lipinski definition) is 4. The number of benzene rings is 1. The van der Waals surface area contributed by atoms with Crippen LogP contribution < -0.4 is 10.9 Å². The zero-order valence-electron chi connectivity index (χ0n) is 33.1. The molecule has 0 unspecified atom stereocenters. The van der Waals surface area contributed by atoms with Crippen LogP contribution in [0, 0.1) is 45.8 Å². The van der Waals surface area contributed by atoms with Crippen molar-refractivity contribution >= 4 is 11.9 Å². The van der Waals surface area contributed by atoms with E-state index < -0.39 is 28.3 Å². The van der Waals surface area contributed by atoms with E-state index in [1.54, 1.807) is 6.08 Å². The number of ether oxygens (including phenoxy) is 2. The van der Waals surface area contributed by atoms with Gasteiger partial charge in [-0.3, -0.25) is 10.2 Å². The number of nitrogens with one attached hydrogen (secondary N) is 2. The molecule has 8 heteroatoms. The van der Waals surface area contributed by atoms with Crippen molar-refractivity contribution in [3.8, 4) is 0 Å². The highest BCUT2D eigenvalue weighted by Gasteiger charge is 2.82. The quantitative estimate of drug-likeness (QED) is 0.126. The van der Waals surface area contributed by atoms with Gasteiger partial charge in [0.25, 0.3) is 0 Å². The number of rotatable bonds is 12. The van der Waals surface area contributed by atoms with Crippen molar-refractivity contribution in [2.75, 3.05) is 6.61 Å². The van der Waals surface area contributed by atoms with Crippen LogP contribution >= 0.6 is 0 Å². The molecule has 4 N–H and O–H groups in total. The second-order valence-corrected chi connectivity index (χ2v) is 19.4. The average Bonchev–Trinajstić information content (AvgIpc) is 3.81. The number of aliphatic hydroxyl groups is 2. The van der Waals surface area contributed by atoms with E-state index in [2.05, 4.69) is 74.1 Å². The van der Waals surface area contributed by atoms with E-state index in [1.165, 1.54) is 5.56 Å². The molecule has 2 bridgehead atoms. The van der Waals surface area contributed by atoms with E-state index in [0.717, 1.165) is 95.5 Å². The zero-order valence-corrected chi connectivity index (χ0v) is 33.1. The lowest BCUT2D eigenvalue weighted by molar-refractivity contribution is -0.358. The third-order valence-corrected chi connectivity index (χ3v) is 16.3. The smallest absolute Gasteiger partial charge is 0.331 e. The Bertz CT molecular complexity index is 1610. The summed E-state index contributed by atoms with van der Waals surface area (Å²) in [5, 5.41) is 27.1. The highest BCUT2D eigenvalue weighted by atomic mass is 16.6. The fourth-order valence-electron chi connectivity index (χ4n) is 13.8. The van der Waals surface area contributed by atoms with Crippen LogP contribution in [0.25, 0.3) is 0 Å². The summed E-state index contributed by atoms with van der Waals surface area (Å²) in [5.74, 6) is -0.257. The Hall–Kier alpha value is -2.52. The predicted molar refractivity (Wildman–Crippen MR) is 208 cm³/mol. The minimum absolute atomic E-state index is 0.125. The van der Waals surface area contributed by atoms with Crippen molar-refractivity contribution in [2.24, 2.45) is 45.8 Å². The zero-order chi connectivity index (χ0) is 37.8. The number of carbonyl (C=O) groups excluding carboxylic acids is 2. The molecule has 8 nitrogen and oxygen atoms in total. The monoisotopic (exact) mass is 742 g/mol. The van der Waals surface area contributed by atoms with Gasteiger partial charge in [-0.1, -0.05) is 102 Å². The summed E-state index contributed by atoms with van der Waals surface area (Å²) >= 11 is 0. The fraction of sp³-hybridized carbons (Fsp3) is 0.739. The van der Waals surface area contributed by atoms with Crippen LogP contribution in [0.4, 0.5) is 0 Å². The topological polar surface area (TPSA) is 117 Å². The van der Waals surface area contributed by atoms with E-state index in [-0.39, 0.29) is 47.8 Å². The Balaban J connectivity index is 1.21. The SMILES string of the molecule is C[C@H](CCCc1ccccc1)CC[C@H]1C=C[C@]2(C)C[C@@]3(OC(=O)C4CCCCC4)NN[C@@H]4CCC[C@H]4[C@]4(C)CC[C@H](O)[C@@]1([C@@H]43)[C@@]2(O)CCC1=CC(=O)OC1. The van der Waals surface area contributed by atoms with Gasteiger partial charge >= 0.3 is 11.9 Å². The molecule has 2 aliphatic heterocycles. The van der Waals surface area contributed by atoms with E-state index >= 15 is 0 Å². The summed E-state index contributed by atoms with van der Waals surface area (Å²) in [6.45, 7) is 7.16. The highest BCUT2D eigenvalue weighted by Crippen LogP contribution is 2.77. The Kier molecular flexibility index (Phi) is 10.5. The van der Waals surface area contributed by atoms with E-state index in [4.69, 9.17) is 9.47 Å². The Morgan fingerprint density at radius 3 is 2.57 bits per heavy atom. The Labute approximate surface area is 323 Å². The maximum Gasteiger partial charge on any atom is 0.331 e. The summed E-state index contributed by atoms with van der Waals surface area (Å²) in [6.07, 6.45) is 21.4. The number of aliphatic hydroxyl groups excluding tert-OH is 1. The molecule has 5 aliphatic carbocycles. The lowest BCUT2D eigenvalue weighted by Gasteiger charge is -2.76. The predicted octanol–water partition coefficient (Wildman–Crippen LogP) is 7.88. The molecular weight excluding hydrogens is 677 g/mol. The summed E-state index contributed by atoms with van der Waals surface area (Å²) in [5.41, 5.74) is 5.25. The minimum atomic E-state index is -1.34. The molecule has 5 fully saturated rings. The summed E-state index contributed by atoms with van der Waals surface area (Å²) in [4.78, 5) is 26.7. The third kappa shape index (κ3) is 6.24. The first kappa shape index (κ1) is 38.4. The van der Waals surface area contributed by atoms with Crippen molar-refractivity contribution < 1.29 is 29.3 Å². The Morgan fingerprint density at radius 1 is 1.02 bits per heavy atom. The molecule has 7 aliphatic rings. The van der Waals surface area contributed by atoms with Crippen molar-refractivity contribution in [2.45, 2.75) is 160 Å². The van der Waals surface area contributed by atoms with Crippen LogP contribution in [0.1, 0.15) is 135 Å². The summed E-state index contributed by atoms with van der Waals surface area (Å²) < 4.78 is 12.5. The van der Waals surface area contributed by atoms with Gasteiger partial charge in [0, 0.05) is 35.3 Å². The van der Waals surface area contributed by atoms with Gasteiger partial charge in [-0.15, -0.1) is 0 Å². The molecule has 0 amide bonds. The molecule has 296 valence electrons. The van der Waals surface area contributed by atoms with Crippen LogP contribution in [0.2, 0.25) is 0 Å². The van der Waals surface area contributed by atoms with Gasteiger partial charge in [0.15, 0.2) is 5.72 Å². The largest absolute Gasteiger partial charge is 0.458 e. The average molecular weight is 743 g/mol. The number of cyclic esters (lactones) is 1. The number of aryl methyl sites for hydroxylation is 1. The number of fused-ring (bicyclic) bond motifs is 3. The molecule has 0 aromatic heterocycles. The second kappa shape index (κ2) is 14.8. The number of carbonyl (C=O) groups is 2. The number of hydrogen-bond acceptors (Lipinski definition) is 8. The summed E-state index contributed by atoms with van der Waals surface area (Å²) in [6, 6.07) is 10.9. The van der Waals surface area contributed by atoms with Gasteiger partial charge < -0.3 is 19.7 Å². The number of hydrazine groups is 1. The van der Waals surface area contributed by atoms with E-state index in [9.17, 15) is 19.8 Å². The Morgan fingerprint density at radius 2 is 1.81 bits per heavy atom. The molecule has 8 rings (SSSR count). The fourth-order valence-corrected chi connectivity index (χ4v) is 13.8. The van der Waals surface area contributed by atoms with Gasteiger partial charge in [-0.25, -0.2) is 10.2 Å². The molecule has 0 radical (unpaired) electrons. The van der Waals surface area contributed by atoms with Gasteiger partial charge in [-0.2, -0.15) is 0 Å². The normalized spacial score (nSPS) is 42.0. The molecule has 1 saturated heterocycles. The van der Waals surface area contributed by atoms with Crippen LogP contribution in [-0.4, -0.2) is 52.2 Å². The van der Waals surface area contributed by atoms with Gasteiger partial charge in [0.05, 0.1) is 17.6 Å². The number of esters is 2. The molecule has 2 heterocycles. The van der Waals surface area contributed by atoms with E-state index in [1.807, 2.05) is 0 Å². The lowest BCUT2D eigenvalue weighted by atomic mass is 9.31. The molecule has 1 aromatic carbocycles. The van der Waals surface area contributed by atoms with Crippen LogP contribution in [0.5, 0.6) is 0 Å². The van der Waals surface area contributed by atoms with Gasteiger partial charge in [-0.05, 0) is 105 Å². The standard InChI is InChI=1S/C46H66N2O6/c1-31(12-10-15-32-13-6-4-7-14-32)20-21-35-23-25-42(2)30-44(54-40(51)34-16-8-5-9-17-34)41-43(3,36-18-11-19-37(36)47-48-44)26-24-38(49)46(35,41)45(42,52)27-22-33-28-39(50)53-29-33/h4,6-7,13-14,23,25,28,31,34-38,41,47-49,52H,5,8-12,15-22,24,26-27,29-30H2,1-3H3/t31-,35+,36-,37-,38+,41+,42-,43+,44+,45-,46+/m1/s1. The summed E-state index contributed by atoms with van der Waals surface area (Å²) in [7, 11) is 0. The van der Waals surface area contributed by atoms with Crippen LogP contribution in [-0.2, 0) is 25.5 Å². The maximum atomic E-state index is 14.5. The van der Waals surface area contributed by atoms with Crippen molar-refractivity contribution in [3.63, 3.8) is 0 Å². The molecule has 11 atom stereocenters. The minimum Gasteiger partial charge on any atom is -0.458 e. The second-order valence-electron chi connectivity index (χ2n) is 19.4. The van der Waals surface area contributed by atoms with Crippen molar-refractivity contribution in [1.82, 2.24) is 10.9 Å². The molecule has 1 aromatic rings. The first-order valence-corrected chi connectivity index (χ1v) is 21.7. The molecule has 1 spiro atoms.